The lowest BCUT2D eigenvalue weighted by Crippen LogP contribution is -1.92. The first-order chi connectivity index (χ1) is 9.69. The topological polar surface area (TPSA) is 0 Å². The largest absolute Gasteiger partial charge is 0.114 e. The molecular formula is C18H44Br2P2. The molecule has 140 valence electrons. The second kappa shape index (κ2) is 27.7. The van der Waals surface area contributed by atoms with Gasteiger partial charge in [0.25, 0.3) is 0 Å². The van der Waals surface area contributed by atoms with E-state index in [1.54, 1.807) is 0 Å². The number of hydrogen-bond acceptors (Lipinski definition) is 0. The Morgan fingerprint density at radius 2 is 0.500 bits per heavy atom. The summed E-state index contributed by atoms with van der Waals surface area (Å²) in [5, 5.41) is 0. The summed E-state index contributed by atoms with van der Waals surface area (Å²) in [5.41, 5.74) is 0. The van der Waals surface area contributed by atoms with Gasteiger partial charge in [-0.05, 0) is 37.0 Å². The van der Waals surface area contributed by atoms with Gasteiger partial charge in [-0.3, -0.25) is 0 Å². The van der Waals surface area contributed by atoms with Crippen molar-refractivity contribution in [1.29, 1.82) is 0 Å². The summed E-state index contributed by atoms with van der Waals surface area (Å²) in [6.45, 7) is 13.8. The summed E-state index contributed by atoms with van der Waals surface area (Å²) in [7, 11) is 0.878. The molecule has 0 unspecified atom stereocenters. The molecule has 0 aliphatic heterocycles. The molecule has 0 N–H and O–H groups in total. The van der Waals surface area contributed by atoms with Crippen molar-refractivity contribution in [1.82, 2.24) is 0 Å². The molecule has 0 fully saturated rings. The second-order valence-electron chi connectivity index (χ2n) is 5.68. The molecule has 0 saturated carbocycles. The number of halogens is 2. The zero-order valence-corrected chi connectivity index (χ0v) is 21.4. The van der Waals surface area contributed by atoms with Crippen LogP contribution in [-0.2, 0) is 0 Å². The molecule has 22 heavy (non-hydrogen) atoms. The van der Waals surface area contributed by atoms with Gasteiger partial charge in [-0.2, -0.15) is 0 Å². The van der Waals surface area contributed by atoms with E-state index in [0.717, 1.165) is 0 Å². The van der Waals surface area contributed by atoms with Crippen molar-refractivity contribution in [2.45, 2.75) is 80.1 Å². The van der Waals surface area contributed by atoms with Gasteiger partial charge in [-0.1, -0.05) is 80.1 Å². The van der Waals surface area contributed by atoms with Gasteiger partial charge in [-0.25, -0.2) is 0 Å². The highest BCUT2D eigenvalue weighted by atomic mass is 79.9. The molecule has 0 rings (SSSR count). The lowest BCUT2D eigenvalue weighted by atomic mass is 10.6. The van der Waals surface area contributed by atoms with Crippen molar-refractivity contribution in [3.8, 4) is 0 Å². The monoisotopic (exact) mass is 480 g/mol. The minimum Gasteiger partial charge on any atom is -0.114 e. The quantitative estimate of drug-likeness (QED) is 0.245. The van der Waals surface area contributed by atoms with Crippen LogP contribution in [0, 0.1) is 0 Å². The smallest absolute Gasteiger partial charge is 0.0329 e. The van der Waals surface area contributed by atoms with Crippen LogP contribution >= 0.6 is 49.8 Å². The average Bonchev–Trinajstić information content (AvgIpc) is 2.41. The third kappa shape index (κ3) is 24.1. The molecule has 0 nitrogen and oxygen atoms in total. The molecule has 4 heteroatoms. The third-order valence-electron chi connectivity index (χ3n) is 3.24. The zero-order chi connectivity index (χ0) is 15.6. The van der Waals surface area contributed by atoms with Gasteiger partial charge in [0.2, 0.25) is 0 Å². The van der Waals surface area contributed by atoms with Crippen molar-refractivity contribution >= 4 is 49.8 Å². The third-order valence-corrected chi connectivity index (χ3v) is 9.72. The SMILES string of the molecule is Br.Br.CCCP(CCC)CCC.CCCP(CCC)CCC. The maximum Gasteiger partial charge on any atom is -0.0329 e. The van der Waals surface area contributed by atoms with Gasteiger partial charge >= 0.3 is 0 Å². The summed E-state index contributed by atoms with van der Waals surface area (Å²) in [6, 6.07) is 0. The van der Waals surface area contributed by atoms with Gasteiger partial charge in [0.05, 0.1) is 0 Å². The molecule has 0 atom stereocenters. The highest BCUT2D eigenvalue weighted by Gasteiger charge is 2.03. The Morgan fingerprint density at radius 3 is 0.591 bits per heavy atom. The van der Waals surface area contributed by atoms with Gasteiger partial charge in [-0.15, -0.1) is 49.8 Å². The summed E-state index contributed by atoms with van der Waals surface area (Å²) < 4.78 is 0. The molecule has 0 saturated heterocycles. The van der Waals surface area contributed by atoms with Crippen LogP contribution in [0.4, 0.5) is 0 Å². The fourth-order valence-corrected chi connectivity index (χ4v) is 7.70. The van der Waals surface area contributed by atoms with Crippen LogP contribution in [0.1, 0.15) is 80.1 Å². The van der Waals surface area contributed by atoms with Crippen LogP contribution in [0.25, 0.3) is 0 Å². The van der Waals surface area contributed by atoms with Gasteiger partial charge in [0, 0.05) is 0 Å². The molecule has 0 bridgehead atoms. The first-order valence-electron chi connectivity index (χ1n) is 9.14. The highest BCUT2D eigenvalue weighted by Crippen LogP contribution is 2.37. The van der Waals surface area contributed by atoms with Crippen LogP contribution < -0.4 is 0 Å². The summed E-state index contributed by atoms with van der Waals surface area (Å²) in [5.74, 6) is 0. The lowest BCUT2D eigenvalue weighted by molar-refractivity contribution is 1.02. The van der Waals surface area contributed by atoms with Crippen molar-refractivity contribution in [3.63, 3.8) is 0 Å². The molecule has 0 aliphatic carbocycles. The van der Waals surface area contributed by atoms with E-state index in [-0.39, 0.29) is 34.0 Å². The Hall–Kier alpha value is 1.82. The minimum atomic E-state index is 0. The molecule has 0 aliphatic rings. The second-order valence-corrected chi connectivity index (χ2v) is 11.0. The summed E-state index contributed by atoms with van der Waals surface area (Å²) in [4.78, 5) is 0. The van der Waals surface area contributed by atoms with Gasteiger partial charge < -0.3 is 0 Å². The van der Waals surface area contributed by atoms with E-state index in [2.05, 4.69) is 41.5 Å². The van der Waals surface area contributed by atoms with Crippen molar-refractivity contribution in [2.24, 2.45) is 0 Å². The van der Waals surface area contributed by atoms with Crippen molar-refractivity contribution < 1.29 is 0 Å². The first-order valence-corrected chi connectivity index (χ1v) is 12.9. The van der Waals surface area contributed by atoms with Gasteiger partial charge in [0.1, 0.15) is 0 Å². The Morgan fingerprint density at radius 1 is 0.364 bits per heavy atom. The Bertz CT molecular complexity index is 123. The van der Waals surface area contributed by atoms with Crippen LogP contribution in [0.15, 0.2) is 0 Å². The Labute approximate surface area is 166 Å². The van der Waals surface area contributed by atoms with E-state index in [9.17, 15) is 0 Å². The predicted octanol–water partition coefficient (Wildman–Crippen LogP) is 8.55. The van der Waals surface area contributed by atoms with E-state index < -0.39 is 0 Å². The fraction of sp³-hybridized carbons (Fsp3) is 1.00. The molecular weight excluding hydrogens is 438 g/mol. The maximum absolute atomic E-state index is 2.31. The fourth-order valence-electron chi connectivity index (χ4n) is 2.57. The highest BCUT2D eigenvalue weighted by molar-refractivity contribution is 8.93. The summed E-state index contributed by atoms with van der Waals surface area (Å²) >= 11 is 0. The minimum absolute atomic E-state index is 0. The molecule has 0 spiro atoms. The number of rotatable bonds is 12. The van der Waals surface area contributed by atoms with E-state index in [1.165, 1.54) is 75.5 Å². The molecule has 0 radical (unpaired) electrons. The van der Waals surface area contributed by atoms with Crippen LogP contribution in [-0.4, -0.2) is 37.0 Å². The van der Waals surface area contributed by atoms with E-state index in [0.29, 0.717) is 15.8 Å². The Kier molecular flexibility index (Phi) is 39.7. The maximum atomic E-state index is 2.31. The first kappa shape index (κ1) is 31.6. The zero-order valence-electron chi connectivity index (χ0n) is 16.2. The number of hydrogen-bond donors (Lipinski definition) is 0. The van der Waals surface area contributed by atoms with Crippen molar-refractivity contribution in [3.05, 3.63) is 0 Å². The van der Waals surface area contributed by atoms with E-state index in [1.807, 2.05) is 0 Å². The lowest BCUT2D eigenvalue weighted by Gasteiger charge is -2.13. The molecule has 0 aromatic rings. The molecule has 0 aromatic heterocycles. The molecule has 0 heterocycles. The normalized spacial score (nSPS) is 9.82. The Balaban J connectivity index is -0.000000135. The van der Waals surface area contributed by atoms with E-state index >= 15 is 0 Å². The predicted molar refractivity (Wildman–Crippen MR) is 125 cm³/mol. The molecule has 0 aromatic carbocycles. The van der Waals surface area contributed by atoms with Crippen LogP contribution in [0.3, 0.4) is 0 Å². The van der Waals surface area contributed by atoms with Crippen LogP contribution in [0.5, 0.6) is 0 Å². The van der Waals surface area contributed by atoms with E-state index in [4.69, 9.17) is 0 Å². The molecule has 0 amide bonds. The van der Waals surface area contributed by atoms with Gasteiger partial charge in [0.15, 0.2) is 0 Å². The average molecular weight is 482 g/mol. The van der Waals surface area contributed by atoms with Crippen LogP contribution in [0.2, 0.25) is 0 Å². The van der Waals surface area contributed by atoms with Crippen molar-refractivity contribution in [2.75, 3.05) is 37.0 Å². The summed E-state index contributed by atoms with van der Waals surface area (Å²) in [6.07, 6.45) is 17.4. The standard InChI is InChI=1S/2C9H21P.2BrH/c2*1-4-7-10(8-5-2)9-6-3;;/h2*4-9H2,1-3H3;2*1H.